The summed E-state index contributed by atoms with van der Waals surface area (Å²) in [5.41, 5.74) is -6.36. The van der Waals surface area contributed by atoms with Gasteiger partial charge in [-0.3, -0.25) is 4.79 Å². The van der Waals surface area contributed by atoms with Crippen molar-refractivity contribution in [2.75, 3.05) is 14.2 Å². The average Bonchev–Trinajstić information content (AvgIpc) is 3.26. The maximum Gasteiger partial charge on any atom is 0.162 e. The van der Waals surface area contributed by atoms with Gasteiger partial charge < -0.3 is 54.0 Å². The first-order valence-corrected chi connectivity index (χ1v) is 17.4. The molecule has 5 fully saturated rings. The Kier molecular flexibility index (Phi) is 9.39. The van der Waals surface area contributed by atoms with E-state index in [1.165, 1.54) is 6.92 Å². The minimum absolute atomic E-state index is 0.0115. The number of fused-ring (bicyclic) bond motifs is 5. The molecule has 0 aromatic rings. The van der Waals surface area contributed by atoms with Crippen LogP contribution in [0.1, 0.15) is 92.4 Å². The summed E-state index contributed by atoms with van der Waals surface area (Å²) in [6.45, 7) is 8.66. The number of ketones is 1. The van der Waals surface area contributed by atoms with Crippen LogP contribution in [0, 0.1) is 16.7 Å². The number of rotatable bonds is 7. The fraction of sp³-hybridized carbons (Fsp3) is 0.914. The quantitative estimate of drug-likeness (QED) is 0.250. The molecule has 12 heteroatoms. The molecular formula is C35H56O12. The van der Waals surface area contributed by atoms with Crippen LogP contribution in [0.15, 0.2) is 11.6 Å². The highest BCUT2D eigenvalue weighted by atomic mass is 16.7. The molecule has 16 atom stereocenters. The highest BCUT2D eigenvalue weighted by molar-refractivity contribution is 5.87. The smallest absolute Gasteiger partial charge is 0.162 e. The molecule has 3 saturated carbocycles. The van der Waals surface area contributed by atoms with Crippen molar-refractivity contribution in [3.8, 4) is 0 Å². The molecule has 2 heterocycles. The molecule has 6 rings (SSSR count). The van der Waals surface area contributed by atoms with E-state index in [9.17, 15) is 30.3 Å². The van der Waals surface area contributed by atoms with Gasteiger partial charge in [-0.05, 0) is 71.1 Å². The van der Waals surface area contributed by atoms with Crippen LogP contribution < -0.4 is 0 Å². The van der Waals surface area contributed by atoms with E-state index in [0.717, 1.165) is 5.57 Å². The molecule has 0 bridgehead atoms. The minimum Gasteiger partial charge on any atom is -0.392 e. The predicted octanol–water partition coefficient (Wildman–Crippen LogP) is 1.90. The second-order valence-corrected chi connectivity index (χ2v) is 15.7. The van der Waals surface area contributed by atoms with Crippen LogP contribution >= 0.6 is 0 Å². The van der Waals surface area contributed by atoms with Crippen molar-refractivity contribution in [1.29, 1.82) is 0 Å². The van der Waals surface area contributed by atoms with Crippen molar-refractivity contribution < 1.29 is 58.7 Å². The first-order valence-electron chi connectivity index (χ1n) is 17.4. The Bertz CT molecular complexity index is 1230. The van der Waals surface area contributed by atoms with Gasteiger partial charge in [0, 0.05) is 33.0 Å². The molecule has 0 radical (unpaired) electrons. The minimum atomic E-state index is -1.92. The van der Waals surface area contributed by atoms with Gasteiger partial charge in [-0.15, -0.1) is 0 Å². The molecule has 0 amide bonds. The van der Waals surface area contributed by atoms with Crippen LogP contribution in [0.4, 0.5) is 0 Å². The van der Waals surface area contributed by atoms with Crippen molar-refractivity contribution in [3.63, 3.8) is 0 Å². The van der Waals surface area contributed by atoms with Gasteiger partial charge in [0.25, 0.3) is 0 Å². The van der Waals surface area contributed by atoms with E-state index in [4.69, 9.17) is 28.4 Å². The number of methoxy groups -OCH3 is 2. The zero-order chi connectivity index (χ0) is 34.3. The van der Waals surface area contributed by atoms with Crippen LogP contribution in [-0.2, 0) is 33.2 Å². The van der Waals surface area contributed by atoms with E-state index in [2.05, 4.69) is 6.92 Å². The summed E-state index contributed by atoms with van der Waals surface area (Å²) < 4.78 is 36.4. The Morgan fingerprint density at radius 1 is 0.894 bits per heavy atom. The number of aliphatic hydroxyl groups excluding tert-OH is 2. The summed E-state index contributed by atoms with van der Waals surface area (Å²) in [5, 5.41) is 58.1. The van der Waals surface area contributed by atoms with E-state index in [-0.39, 0.29) is 44.0 Å². The lowest BCUT2D eigenvalue weighted by molar-refractivity contribution is -0.322. The van der Waals surface area contributed by atoms with Crippen molar-refractivity contribution in [2.24, 2.45) is 16.7 Å². The van der Waals surface area contributed by atoms with Gasteiger partial charge in [-0.1, -0.05) is 25.5 Å². The van der Waals surface area contributed by atoms with E-state index < -0.39 is 82.4 Å². The van der Waals surface area contributed by atoms with Crippen LogP contribution in [0.25, 0.3) is 0 Å². The molecule has 47 heavy (non-hydrogen) atoms. The highest BCUT2D eigenvalue weighted by Crippen LogP contribution is 2.70. The standard InChI is InChI=1S/C35H56O12/c1-18-29(38)23(42-6)15-28(44-18)47-30-19(2)45-27(16-24(30)43-7)46-22-9-10-31(4)21(14-22)8-11-34(40)25(31)17-26(37)32(5)33(39,20(3)36)12-13-35(32,34)41/h8,18-19,22-30,37-41H,9-17H2,1-7H3. The van der Waals surface area contributed by atoms with Crippen LogP contribution in [0.5, 0.6) is 0 Å². The number of carbonyl (C=O) groups excluding carboxylic acids is 1. The third kappa shape index (κ3) is 5.15. The average molecular weight is 669 g/mol. The normalized spacial score (nSPS) is 54.6. The van der Waals surface area contributed by atoms with Gasteiger partial charge >= 0.3 is 0 Å². The van der Waals surface area contributed by atoms with Gasteiger partial charge in [-0.2, -0.15) is 0 Å². The maximum absolute atomic E-state index is 12.7. The van der Waals surface area contributed by atoms with Crippen LogP contribution in [0.3, 0.4) is 0 Å². The third-order valence-corrected chi connectivity index (χ3v) is 13.7. The Labute approximate surface area is 277 Å². The van der Waals surface area contributed by atoms with Crippen molar-refractivity contribution in [1.82, 2.24) is 0 Å². The number of aliphatic hydroxyl groups is 5. The second kappa shape index (κ2) is 12.3. The monoisotopic (exact) mass is 668 g/mol. The van der Waals surface area contributed by atoms with Crippen molar-refractivity contribution in [2.45, 2.75) is 171 Å². The Morgan fingerprint density at radius 3 is 2.19 bits per heavy atom. The fourth-order valence-electron chi connectivity index (χ4n) is 10.6. The van der Waals surface area contributed by atoms with Crippen LogP contribution in [-0.4, -0.2) is 124 Å². The molecule has 0 spiro atoms. The predicted molar refractivity (Wildman–Crippen MR) is 167 cm³/mol. The number of hydrogen-bond acceptors (Lipinski definition) is 12. The molecule has 12 nitrogen and oxygen atoms in total. The molecule has 2 aliphatic heterocycles. The summed E-state index contributed by atoms with van der Waals surface area (Å²) in [7, 11) is 3.20. The molecule has 5 N–H and O–H groups in total. The molecule has 2 saturated heterocycles. The van der Waals surface area contributed by atoms with Gasteiger partial charge in [0.2, 0.25) is 0 Å². The second-order valence-electron chi connectivity index (χ2n) is 15.7. The number of carbonyl (C=O) groups is 1. The zero-order valence-electron chi connectivity index (χ0n) is 28.9. The van der Waals surface area contributed by atoms with Gasteiger partial charge in [0.1, 0.15) is 29.0 Å². The molecular weight excluding hydrogens is 612 g/mol. The lowest BCUT2D eigenvalue weighted by Gasteiger charge is -2.66. The third-order valence-electron chi connectivity index (χ3n) is 13.7. The lowest BCUT2D eigenvalue weighted by Crippen LogP contribution is -2.78. The molecule has 0 aromatic heterocycles. The van der Waals surface area contributed by atoms with E-state index in [1.807, 2.05) is 13.0 Å². The topological polar surface area (TPSA) is 174 Å². The SMILES string of the molecule is COC1CC(OC2C(C)OC(OC3CCC4(C)C(=CCC5(O)C4CC(O)C4(C)C(O)(C(C)=O)CCC54O)C3)CC2OC)OC(C)C1O. The Balaban J connectivity index is 1.13. The summed E-state index contributed by atoms with van der Waals surface area (Å²) >= 11 is 0. The number of ether oxygens (including phenoxy) is 6. The summed E-state index contributed by atoms with van der Waals surface area (Å²) in [5.74, 6) is -0.971. The van der Waals surface area contributed by atoms with Crippen molar-refractivity contribution in [3.05, 3.63) is 11.6 Å². The van der Waals surface area contributed by atoms with E-state index >= 15 is 0 Å². The molecule has 268 valence electrons. The Morgan fingerprint density at radius 2 is 1.53 bits per heavy atom. The number of hydrogen-bond donors (Lipinski definition) is 5. The first kappa shape index (κ1) is 35.8. The lowest BCUT2D eigenvalue weighted by atomic mass is 9.42. The maximum atomic E-state index is 12.7. The largest absolute Gasteiger partial charge is 0.392 e. The molecule has 0 aromatic carbocycles. The van der Waals surface area contributed by atoms with Gasteiger partial charge in [0.05, 0.1) is 42.0 Å². The van der Waals surface area contributed by atoms with Crippen LogP contribution in [0.2, 0.25) is 0 Å². The number of Topliss-reactive ketones (excluding diaryl/α,β-unsaturated/α-hetero) is 1. The summed E-state index contributed by atoms with van der Waals surface area (Å²) in [6, 6.07) is 0. The van der Waals surface area contributed by atoms with Gasteiger partial charge in [-0.25, -0.2) is 0 Å². The summed E-state index contributed by atoms with van der Waals surface area (Å²) in [4.78, 5) is 12.7. The molecule has 16 unspecified atom stereocenters. The summed E-state index contributed by atoms with van der Waals surface area (Å²) in [6.07, 6.45) is 0.0854. The molecule has 4 aliphatic carbocycles. The highest BCUT2D eigenvalue weighted by Gasteiger charge is 2.80. The zero-order valence-corrected chi connectivity index (χ0v) is 28.9. The Hall–Kier alpha value is -1.03. The van der Waals surface area contributed by atoms with Crippen molar-refractivity contribution >= 4 is 5.78 Å². The first-order chi connectivity index (χ1) is 22.0. The van der Waals surface area contributed by atoms with E-state index in [1.54, 1.807) is 28.1 Å². The van der Waals surface area contributed by atoms with Gasteiger partial charge in [0.15, 0.2) is 18.4 Å². The van der Waals surface area contributed by atoms with E-state index in [0.29, 0.717) is 32.1 Å². The fourth-order valence-corrected chi connectivity index (χ4v) is 10.6. The molecule has 6 aliphatic rings.